The number of rotatable bonds is 2. The van der Waals surface area contributed by atoms with Gasteiger partial charge in [0.1, 0.15) is 12.2 Å². The van der Waals surface area contributed by atoms with Crippen LogP contribution in [0.25, 0.3) is 0 Å². The van der Waals surface area contributed by atoms with Gasteiger partial charge in [0.2, 0.25) is 0 Å². The fourth-order valence-corrected chi connectivity index (χ4v) is 2.57. The summed E-state index contributed by atoms with van der Waals surface area (Å²) in [5, 5.41) is 0. The van der Waals surface area contributed by atoms with E-state index in [-0.39, 0.29) is 29.6 Å². The first-order chi connectivity index (χ1) is 8.20. The number of hydrogen-bond donors (Lipinski definition) is 0. The van der Waals surface area contributed by atoms with E-state index in [0.29, 0.717) is 5.92 Å². The van der Waals surface area contributed by atoms with Gasteiger partial charge in [-0.3, -0.25) is 9.59 Å². The lowest BCUT2D eigenvalue weighted by Gasteiger charge is -2.40. The standard InChI is InChI=1S/C14H24O4/c1-9(15)17-12-7-6-11(14(3,4)5)8-13(12)18-10(2)16/h11-13H,6-8H2,1-5H3/t11-,12-,13+/m1/s1. The molecule has 0 heterocycles. The molecule has 0 aromatic heterocycles. The van der Waals surface area contributed by atoms with E-state index in [1.54, 1.807) is 0 Å². The van der Waals surface area contributed by atoms with E-state index in [4.69, 9.17) is 9.47 Å². The summed E-state index contributed by atoms with van der Waals surface area (Å²) < 4.78 is 10.6. The fraction of sp³-hybridized carbons (Fsp3) is 0.857. The lowest BCUT2D eigenvalue weighted by molar-refractivity contribution is -0.172. The molecule has 4 nitrogen and oxygen atoms in total. The van der Waals surface area contributed by atoms with Gasteiger partial charge in [-0.2, -0.15) is 0 Å². The molecule has 3 atom stereocenters. The van der Waals surface area contributed by atoms with Crippen molar-refractivity contribution in [2.24, 2.45) is 11.3 Å². The van der Waals surface area contributed by atoms with Crippen LogP contribution in [0.15, 0.2) is 0 Å². The van der Waals surface area contributed by atoms with Crippen LogP contribution in [-0.2, 0) is 19.1 Å². The summed E-state index contributed by atoms with van der Waals surface area (Å²) in [6, 6.07) is 0. The molecule has 0 saturated heterocycles. The Balaban J connectivity index is 2.72. The molecular formula is C14H24O4. The van der Waals surface area contributed by atoms with Gasteiger partial charge in [-0.05, 0) is 30.6 Å². The highest BCUT2D eigenvalue weighted by molar-refractivity contribution is 5.67. The van der Waals surface area contributed by atoms with Gasteiger partial charge >= 0.3 is 11.9 Å². The topological polar surface area (TPSA) is 52.6 Å². The summed E-state index contributed by atoms with van der Waals surface area (Å²) in [7, 11) is 0. The summed E-state index contributed by atoms with van der Waals surface area (Å²) in [5.74, 6) is -0.147. The van der Waals surface area contributed by atoms with Crippen LogP contribution in [0, 0.1) is 11.3 Å². The number of ether oxygens (including phenoxy) is 2. The molecule has 1 rings (SSSR count). The Bertz CT molecular complexity index is 316. The largest absolute Gasteiger partial charge is 0.459 e. The number of carbonyl (C=O) groups is 2. The van der Waals surface area contributed by atoms with Crippen molar-refractivity contribution in [2.75, 3.05) is 0 Å². The minimum absolute atomic E-state index is 0.180. The molecule has 18 heavy (non-hydrogen) atoms. The molecule has 1 aliphatic rings. The van der Waals surface area contributed by atoms with E-state index in [9.17, 15) is 9.59 Å². The van der Waals surface area contributed by atoms with Gasteiger partial charge in [-0.1, -0.05) is 20.8 Å². The van der Waals surface area contributed by atoms with Crippen molar-refractivity contribution in [3.05, 3.63) is 0 Å². The van der Waals surface area contributed by atoms with Crippen molar-refractivity contribution < 1.29 is 19.1 Å². The maximum atomic E-state index is 11.1. The van der Waals surface area contributed by atoms with Crippen molar-refractivity contribution in [2.45, 2.75) is 66.1 Å². The monoisotopic (exact) mass is 256 g/mol. The Kier molecular flexibility index (Phi) is 4.77. The summed E-state index contributed by atoms with van der Waals surface area (Å²) >= 11 is 0. The lowest BCUT2D eigenvalue weighted by Crippen LogP contribution is -2.42. The predicted molar refractivity (Wildman–Crippen MR) is 67.9 cm³/mol. The second kappa shape index (κ2) is 5.72. The van der Waals surface area contributed by atoms with E-state index in [2.05, 4.69) is 20.8 Å². The van der Waals surface area contributed by atoms with Gasteiger partial charge in [-0.25, -0.2) is 0 Å². The number of hydrogen-bond acceptors (Lipinski definition) is 4. The van der Waals surface area contributed by atoms with Crippen molar-refractivity contribution in [3.8, 4) is 0 Å². The van der Waals surface area contributed by atoms with Crippen LogP contribution in [-0.4, -0.2) is 24.1 Å². The molecule has 0 aromatic rings. The van der Waals surface area contributed by atoms with Gasteiger partial charge in [0.15, 0.2) is 0 Å². The molecule has 0 spiro atoms. The van der Waals surface area contributed by atoms with E-state index in [0.717, 1.165) is 19.3 Å². The minimum atomic E-state index is -0.314. The molecule has 1 saturated carbocycles. The highest BCUT2D eigenvalue weighted by Crippen LogP contribution is 2.39. The van der Waals surface area contributed by atoms with E-state index >= 15 is 0 Å². The summed E-state index contributed by atoms with van der Waals surface area (Å²) in [4.78, 5) is 22.2. The molecule has 0 unspecified atom stereocenters. The number of carbonyl (C=O) groups excluding carboxylic acids is 2. The molecule has 0 bridgehead atoms. The van der Waals surface area contributed by atoms with Crippen LogP contribution < -0.4 is 0 Å². The first-order valence-corrected chi connectivity index (χ1v) is 6.54. The van der Waals surface area contributed by atoms with Crippen molar-refractivity contribution in [1.82, 2.24) is 0 Å². The van der Waals surface area contributed by atoms with Crippen molar-refractivity contribution in [3.63, 3.8) is 0 Å². The maximum absolute atomic E-state index is 11.1. The van der Waals surface area contributed by atoms with Gasteiger partial charge in [0.25, 0.3) is 0 Å². The lowest BCUT2D eigenvalue weighted by atomic mass is 9.71. The molecule has 1 fully saturated rings. The Morgan fingerprint density at radius 1 is 0.944 bits per heavy atom. The SMILES string of the molecule is CC(=O)O[C@H]1C[C@H](C(C)(C)C)CC[C@H]1OC(C)=O. The average molecular weight is 256 g/mol. The second-order valence-corrected chi connectivity index (χ2v) is 6.17. The highest BCUT2D eigenvalue weighted by atomic mass is 16.6. The molecule has 1 aliphatic carbocycles. The first-order valence-electron chi connectivity index (χ1n) is 6.54. The molecule has 0 aliphatic heterocycles. The molecule has 0 N–H and O–H groups in total. The molecule has 104 valence electrons. The quantitative estimate of drug-likeness (QED) is 0.713. The zero-order chi connectivity index (χ0) is 13.9. The summed E-state index contributed by atoms with van der Waals surface area (Å²) in [6.07, 6.45) is 1.94. The zero-order valence-electron chi connectivity index (χ0n) is 12.0. The van der Waals surface area contributed by atoms with E-state index in [1.807, 2.05) is 0 Å². The van der Waals surface area contributed by atoms with E-state index in [1.165, 1.54) is 13.8 Å². The third-order valence-electron chi connectivity index (χ3n) is 3.59. The third-order valence-corrected chi connectivity index (χ3v) is 3.59. The smallest absolute Gasteiger partial charge is 0.303 e. The van der Waals surface area contributed by atoms with Crippen LogP contribution in [0.5, 0.6) is 0 Å². The van der Waals surface area contributed by atoms with Gasteiger partial charge in [-0.15, -0.1) is 0 Å². The molecular weight excluding hydrogens is 232 g/mol. The molecule has 0 radical (unpaired) electrons. The van der Waals surface area contributed by atoms with Crippen LogP contribution >= 0.6 is 0 Å². The molecule has 4 heteroatoms. The van der Waals surface area contributed by atoms with Gasteiger partial charge in [0.05, 0.1) is 0 Å². The first kappa shape index (κ1) is 15.0. The predicted octanol–water partition coefficient (Wildman–Crippen LogP) is 2.70. The van der Waals surface area contributed by atoms with Crippen molar-refractivity contribution in [1.29, 1.82) is 0 Å². The van der Waals surface area contributed by atoms with Gasteiger partial charge < -0.3 is 9.47 Å². The van der Waals surface area contributed by atoms with Crippen LogP contribution in [0.2, 0.25) is 0 Å². The average Bonchev–Trinajstić information content (AvgIpc) is 2.17. The second-order valence-electron chi connectivity index (χ2n) is 6.17. The van der Waals surface area contributed by atoms with Crippen LogP contribution in [0.1, 0.15) is 53.9 Å². The third kappa shape index (κ3) is 4.31. The Morgan fingerprint density at radius 3 is 1.89 bits per heavy atom. The minimum Gasteiger partial charge on any atom is -0.459 e. The Labute approximate surface area is 109 Å². The van der Waals surface area contributed by atoms with Crippen LogP contribution in [0.3, 0.4) is 0 Å². The Morgan fingerprint density at radius 2 is 1.44 bits per heavy atom. The summed E-state index contributed by atoms with van der Waals surface area (Å²) in [6.45, 7) is 9.35. The Hall–Kier alpha value is -1.06. The normalized spacial score (nSPS) is 28.6. The molecule has 0 aromatic carbocycles. The highest BCUT2D eigenvalue weighted by Gasteiger charge is 2.39. The zero-order valence-corrected chi connectivity index (χ0v) is 12.0. The molecule has 0 amide bonds. The van der Waals surface area contributed by atoms with E-state index < -0.39 is 0 Å². The number of esters is 2. The fourth-order valence-electron chi connectivity index (χ4n) is 2.57. The summed E-state index contributed by atoms with van der Waals surface area (Å²) in [5.41, 5.74) is 0.180. The van der Waals surface area contributed by atoms with Crippen molar-refractivity contribution >= 4 is 11.9 Å². The van der Waals surface area contributed by atoms with Gasteiger partial charge in [0, 0.05) is 13.8 Å². The van der Waals surface area contributed by atoms with Crippen LogP contribution in [0.4, 0.5) is 0 Å². The maximum Gasteiger partial charge on any atom is 0.303 e.